The molecule has 0 amide bonds. The molecule has 0 aliphatic carbocycles. The summed E-state index contributed by atoms with van der Waals surface area (Å²) < 4.78 is 0. The molecule has 172 valence electrons. The van der Waals surface area contributed by atoms with Crippen molar-refractivity contribution < 1.29 is 4.92 Å². The lowest BCUT2D eigenvalue weighted by Crippen LogP contribution is -2.25. The number of nitro groups is 1. The van der Waals surface area contributed by atoms with Crippen molar-refractivity contribution in [2.24, 2.45) is 0 Å². The third kappa shape index (κ3) is 12.9. The van der Waals surface area contributed by atoms with Gasteiger partial charge in [0.2, 0.25) is 0 Å². The molecule has 30 heavy (non-hydrogen) atoms. The first kappa shape index (κ1) is 26.5. The molecule has 0 aliphatic rings. The Morgan fingerprint density at radius 1 is 0.633 bits per heavy atom. The van der Waals surface area contributed by atoms with Crippen molar-refractivity contribution in [2.45, 2.75) is 117 Å². The lowest BCUT2D eigenvalue weighted by Gasteiger charge is -2.25. The van der Waals surface area contributed by atoms with Crippen molar-refractivity contribution in [3.8, 4) is 0 Å². The minimum atomic E-state index is -0.314. The van der Waals surface area contributed by atoms with Crippen LogP contribution in [0.5, 0.6) is 0 Å². The first-order chi connectivity index (χ1) is 14.7. The third-order valence-electron chi connectivity index (χ3n) is 5.99. The Morgan fingerprint density at radius 3 is 1.37 bits per heavy atom. The Kier molecular flexibility index (Phi) is 16.1. The van der Waals surface area contributed by atoms with E-state index < -0.39 is 0 Å². The Hall–Kier alpha value is -1.58. The summed E-state index contributed by atoms with van der Waals surface area (Å²) in [7, 11) is 0. The zero-order valence-electron chi connectivity index (χ0n) is 19.7. The highest BCUT2D eigenvalue weighted by Crippen LogP contribution is 2.21. The second-order valence-corrected chi connectivity index (χ2v) is 8.71. The smallest absolute Gasteiger partial charge is 0.269 e. The van der Waals surface area contributed by atoms with Gasteiger partial charge >= 0.3 is 0 Å². The molecule has 0 fully saturated rings. The predicted octanol–water partition coefficient (Wildman–Crippen LogP) is 8.68. The van der Waals surface area contributed by atoms with Crippen LogP contribution in [0.4, 0.5) is 11.4 Å². The number of nitrogens with zero attached hydrogens (tertiary/aromatic N) is 2. The Morgan fingerprint density at radius 2 is 1.00 bits per heavy atom. The quantitative estimate of drug-likeness (QED) is 0.121. The summed E-state index contributed by atoms with van der Waals surface area (Å²) in [5, 5.41) is 11.0. The van der Waals surface area contributed by atoms with E-state index in [2.05, 4.69) is 18.7 Å². The van der Waals surface area contributed by atoms with E-state index in [1.54, 1.807) is 12.1 Å². The number of hydrogen-bond acceptors (Lipinski definition) is 3. The molecule has 0 aliphatic heterocycles. The molecule has 0 saturated carbocycles. The standard InChI is InChI=1S/C26H46N2O2/c1-3-5-7-9-11-13-15-17-23-27(24-18-16-14-12-10-8-6-4-2)25-19-21-26(22-20-25)28(29)30/h19-22H,3-18,23-24H2,1-2H3. The molecular weight excluding hydrogens is 372 g/mol. The second kappa shape index (κ2) is 18.2. The Balaban J connectivity index is 2.37. The van der Waals surface area contributed by atoms with Crippen molar-refractivity contribution in [3.05, 3.63) is 34.4 Å². The van der Waals surface area contributed by atoms with Gasteiger partial charge in [0.05, 0.1) is 4.92 Å². The van der Waals surface area contributed by atoms with Gasteiger partial charge in [-0.05, 0) is 25.0 Å². The molecule has 0 spiro atoms. The highest BCUT2D eigenvalue weighted by Gasteiger charge is 2.09. The molecule has 0 aromatic heterocycles. The topological polar surface area (TPSA) is 46.4 Å². The van der Waals surface area contributed by atoms with Crippen molar-refractivity contribution in [1.29, 1.82) is 0 Å². The molecule has 0 unspecified atom stereocenters. The van der Waals surface area contributed by atoms with Crippen LogP contribution in [0.2, 0.25) is 0 Å². The summed E-state index contributed by atoms with van der Waals surface area (Å²) in [4.78, 5) is 13.1. The second-order valence-electron chi connectivity index (χ2n) is 8.71. The minimum absolute atomic E-state index is 0.179. The van der Waals surface area contributed by atoms with Crippen molar-refractivity contribution in [3.63, 3.8) is 0 Å². The van der Waals surface area contributed by atoms with E-state index in [0.717, 1.165) is 18.8 Å². The highest BCUT2D eigenvalue weighted by molar-refractivity contribution is 5.50. The third-order valence-corrected chi connectivity index (χ3v) is 5.99. The monoisotopic (exact) mass is 418 g/mol. The number of non-ortho nitro benzene ring substituents is 1. The van der Waals surface area contributed by atoms with Gasteiger partial charge in [0.15, 0.2) is 0 Å². The molecule has 4 heteroatoms. The fraction of sp³-hybridized carbons (Fsp3) is 0.769. The molecule has 0 bridgehead atoms. The van der Waals surface area contributed by atoms with Crippen LogP contribution in [-0.2, 0) is 0 Å². The van der Waals surface area contributed by atoms with Gasteiger partial charge in [-0.25, -0.2) is 0 Å². The molecule has 1 rings (SSSR count). The first-order valence-corrected chi connectivity index (χ1v) is 12.7. The van der Waals surface area contributed by atoms with Gasteiger partial charge in [0.1, 0.15) is 0 Å². The van der Waals surface area contributed by atoms with Gasteiger partial charge in [0.25, 0.3) is 5.69 Å². The minimum Gasteiger partial charge on any atom is -0.372 e. The van der Waals surface area contributed by atoms with Crippen LogP contribution < -0.4 is 4.90 Å². The normalized spacial score (nSPS) is 11.0. The van der Waals surface area contributed by atoms with Gasteiger partial charge < -0.3 is 4.90 Å². The number of benzene rings is 1. The molecule has 0 atom stereocenters. The Labute approximate surface area is 185 Å². The predicted molar refractivity (Wildman–Crippen MR) is 131 cm³/mol. The number of rotatable bonds is 20. The first-order valence-electron chi connectivity index (χ1n) is 12.7. The molecule has 0 radical (unpaired) electrons. The molecule has 0 heterocycles. The van der Waals surface area contributed by atoms with Gasteiger partial charge in [-0.1, -0.05) is 104 Å². The van der Waals surface area contributed by atoms with E-state index in [-0.39, 0.29) is 10.6 Å². The van der Waals surface area contributed by atoms with Crippen LogP contribution in [0, 0.1) is 10.1 Å². The van der Waals surface area contributed by atoms with E-state index in [1.807, 2.05) is 12.1 Å². The van der Waals surface area contributed by atoms with Gasteiger partial charge in [-0.2, -0.15) is 0 Å². The number of unbranched alkanes of at least 4 members (excludes halogenated alkanes) is 14. The maximum Gasteiger partial charge on any atom is 0.269 e. The zero-order valence-corrected chi connectivity index (χ0v) is 19.7. The fourth-order valence-corrected chi connectivity index (χ4v) is 4.03. The van der Waals surface area contributed by atoms with Gasteiger partial charge in [-0.15, -0.1) is 0 Å². The summed E-state index contributed by atoms with van der Waals surface area (Å²) in [6.45, 7) is 6.64. The fourth-order valence-electron chi connectivity index (χ4n) is 4.03. The molecule has 0 N–H and O–H groups in total. The van der Waals surface area contributed by atoms with Gasteiger partial charge in [-0.3, -0.25) is 10.1 Å². The molecule has 4 nitrogen and oxygen atoms in total. The van der Waals surface area contributed by atoms with E-state index in [4.69, 9.17) is 0 Å². The summed E-state index contributed by atoms with van der Waals surface area (Å²) in [5.74, 6) is 0. The van der Waals surface area contributed by atoms with Crippen molar-refractivity contribution in [1.82, 2.24) is 0 Å². The van der Waals surface area contributed by atoms with Gasteiger partial charge in [0, 0.05) is 30.9 Å². The SMILES string of the molecule is CCCCCCCCCCN(CCCCCCCCCC)c1ccc([N+](=O)[O-])cc1. The van der Waals surface area contributed by atoms with E-state index in [9.17, 15) is 10.1 Å². The molecule has 0 saturated heterocycles. The summed E-state index contributed by atoms with van der Waals surface area (Å²) in [6.07, 6.45) is 21.2. The summed E-state index contributed by atoms with van der Waals surface area (Å²) in [6, 6.07) is 7.13. The van der Waals surface area contributed by atoms with Crippen LogP contribution in [0.15, 0.2) is 24.3 Å². The van der Waals surface area contributed by atoms with Crippen LogP contribution in [-0.4, -0.2) is 18.0 Å². The number of hydrogen-bond donors (Lipinski definition) is 0. The largest absolute Gasteiger partial charge is 0.372 e. The lowest BCUT2D eigenvalue weighted by molar-refractivity contribution is -0.384. The van der Waals surface area contributed by atoms with E-state index in [0.29, 0.717) is 0 Å². The van der Waals surface area contributed by atoms with E-state index in [1.165, 1.54) is 103 Å². The average molecular weight is 419 g/mol. The van der Waals surface area contributed by atoms with E-state index >= 15 is 0 Å². The molecule has 1 aromatic carbocycles. The van der Waals surface area contributed by atoms with Crippen LogP contribution in [0.3, 0.4) is 0 Å². The summed E-state index contributed by atoms with van der Waals surface area (Å²) >= 11 is 0. The van der Waals surface area contributed by atoms with Crippen LogP contribution in [0.25, 0.3) is 0 Å². The number of anilines is 1. The number of nitro benzene ring substituents is 1. The van der Waals surface area contributed by atoms with Crippen molar-refractivity contribution >= 4 is 11.4 Å². The maximum absolute atomic E-state index is 11.0. The molecule has 1 aromatic rings. The summed E-state index contributed by atoms with van der Waals surface area (Å²) in [5.41, 5.74) is 1.31. The lowest BCUT2D eigenvalue weighted by atomic mass is 10.1. The van der Waals surface area contributed by atoms with Crippen LogP contribution in [0.1, 0.15) is 117 Å². The van der Waals surface area contributed by atoms with Crippen LogP contribution >= 0.6 is 0 Å². The average Bonchev–Trinajstić information content (AvgIpc) is 2.76. The zero-order chi connectivity index (χ0) is 21.9. The highest BCUT2D eigenvalue weighted by atomic mass is 16.6. The Bertz CT molecular complexity index is 510. The molecular formula is C26H46N2O2. The maximum atomic E-state index is 11.0. The van der Waals surface area contributed by atoms with Crippen molar-refractivity contribution in [2.75, 3.05) is 18.0 Å².